The zero-order valence-corrected chi connectivity index (χ0v) is 14.8. The molecule has 0 saturated heterocycles. The molecular weight excluding hydrogens is 284 g/mol. The zero-order valence-electron chi connectivity index (χ0n) is 14.8. The molecule has 1 aromatic carbocycles. The smallest absolute Gasteiger partial charge is 0.310 e. The van der Waals surface area contributed by atoms with Crippen LogP contribution in [0.2, 0.25) is 0 Å². The first kappa shape index (κ1) is 17.5. The van der Waals surface area contributed by atoms with E-state index in [1.54, 1.807) is 0 Å². The van der Waals surface area contributed by atoms with E-state index in [1.807, 2.05) is 18.2 Å². The van der Waals surface area contributed by atoms with Gasteiger partial charge in [-0.05, 0) is 49.1 Å². The molecule has 1 aliphatic rings. The van der Waals surface area contributed by atoms with Crippen molar-refractivity contribution in [2.45, 2.75) is 47.1 Å². The van der Waals surface area contributed by atoms with Crippen LogP contribution in [0.1, 0.15) is 45.2 Å². The number of allylic oxidation sites excluding steroid dienone is 3. The van der Waals surface area contributed by atoms with Gasteiger partial charge in [0.05, 0.1) is 5.92 Å². The average molecular weight is 312 g/mol. The van der Waals surface area contributed by atoms with Gasteiger partial charge in [-0.2, -0.15) is 0 Å². The first-order valence-corrected chi connectivity index (χ1v) is 8.36. The summed E-state index contributed by atoms with van der Waals surface area (Å²) < 4.78 is 5.54. The van der Waals surface area contributed by atoms with E-state index in [1.165, 1.54) is 11.1 Å². The molecule has 0 heterocycles. The van der Waals surface area contributed by atoms with Crippen molar-refractivity contribution in [3.63, 3.8) is 0 Å². The van der Waals surface area contributed by atoms with Crippen LogP contribution < -0.4 is 0 Å². The van der Waals surface area contributed by atoms with Gasteiger partial charge in [0, 0.05) is 0 Å². The van der Waals surface area contributed by atoms with E-state index in [9.17, 15) is 4.79 Å². The molecule has 1 fully saturated rings. The number of esters is 1. The molecule has 1 aromatic rings. The van der Waals surface area contributed by atoms with Crippen LogP contribution in [-0.2, 0) is 22.6 Å². The second-order valence-corrected chi connectivity index (χ2v) is 7.32. The summed E-state index contributed by atoms with van der Waals surface area (Å²) in [5, 5.41) is 0. The van der Waals surface area contributed by atoms with Crippen molar-refractivity contribution >= 4 is 5.97 Å². The molecule has 0 N–H and O–H groups in total. The van der Waals surface area contributed by atoms with E-state index in [2.05, 4.69) is 52.5 Å². The van der Waals surface area contributed by atoms with Gasteiger partial charge >= 0.3 is 5.97 Å². The molecule has 0 amide bonds. The van der Waals surface area contributed by atoms with Crippen LogP contribution in [0, 0.1) is 17.3 Å². The molecule has 2 heteroatoms. The third kappa shape index (κ3) is 4.34. The summed E-state index contributed by atoms with van der Waals surface area (Å²) in [6.07, 6.45) is 6.11. The van der Waals surface area contributed by atoms with Gasteiger partial charge < -0.3 is 4.74 Å². The minimum Gasteiger partial charge on any atom is -0.461 e. The van der Waals surface area contributed by atoms with Gasteiger partial charge in [0.1, 0.15) is 6.61 Å². The molecular formula is C21H28O2. The number of ether oxygens (including phenoxy) is 1. The predicted octanol–water partition coefficient (Wildman–Crippen LogP) is 5.09. The zero-order chi connectivity index (χ0) is 17.0. The highest BCUT2D eigenvalue weighted by Gasteiger charge is 2.61. The maximum absolute atomic E-state index is 12.3. The Bertz CT molecular complexity index is 589. The molecule has 0 aromatic heterocycles. The predicted molar refractivity (Wildman–Crippen MR) is 94.9 cm³/mol. The van der Waals surface area contributed by atoms with E-state index < -0.39 is 0 Å². The third-order valence-electron chi connectivity index (χ3n) is 4.72. The van der Waals surface area contributed by atoms with Crippen molar-refractivity contribution in [1.82, 2.24) is 0 Å². The lowest BCUT2D eigenvalue weighted by Gasteiger charge is -2.07. The van der Waals surface area contributed by atoms with Crippen molar-refractivity contribution in [3.8, 4) is 0 Å². The van der Waals surface area contributed by atoms with Crippen LogP contribution in [0.25, 0.3) is 0 Å². The topological polar surface area (TPSA) is 26.3 Å². The van der Waals surface area contributed by atoms with E-state index >= 15 is 0 Å². The third-order valence-corrected chi connectivity index (χ3v) is 4.72. The Balaban J connectivity index is 1.87. The lowest BCUT2D eigenvalue weighted by molar-refractivity contribution is -0.147. The Morgan fingerprint density at radius 3 is 2.39 bits per heavy atom. The van der Waals surface area contributed by atoms with Crippen molar-refractivity contribution in [3.05, 3.63) is 59.7 Å². The fourth-order valence-corrected chi connectivity index (χ4v) is 3.11. The van der Waals surface area contributed by atoms with Gasteiger partial charge in [0.2, 0.25) is 0 Å². The molecule has 2 nitrogen and oxygen atoms in total. The standard InChI is InChI=1S/C21H28O2/c1-6-7-8-16-9-11-17(12-10-16)14-23-20(22)19-18(13-15(2)3)21(19,4)5/h6,9-13,18-19H,1,7-8,14H2,2-5H3. The minimum absolute atomic E-state index is 0.00994. The molecule has 2 unspecified atom stereocenters. The fourth-order valence-electron chi connectivity index (χ4n) is 3.11. The maximum Gasteiger partial charge on any atom is 0.310 e. The van der Waals surface area contributed by atoms with E-state index in [0.29, 0.717) is 12.5 Å². The minimum atomic E-state index is -0.0757. The molecule has 124 valence electrons. The second kappa shape index (κ2) is 7.16. The lowest BCUT2D eigenvalue weighted by atomic mass is 10.1. The van der Waals surface area contributed by atoms with Crippen LogP contribution in [0.4, 0.5) is 0 Å². The van der Waals surface area contributed by atoms with E-state index in [-0.39, 0.29) is 17.3 Å². The average Bonchev–Trinajstić information content (AvgIpc) is 3.03. The van der Waals surface area contributed by atoms with E-state index in [4.69, 9.17) is 4.74 Å². The molecule has 1 saturated carbocycles. The van der Waals surface area contributed by atoms with Crippen LogP contribution in [-0.4, -0.2) is 5.97 Å². The summed E-state index contributed by atoms with van der Waals surface area (Å²) in [5.74, 6) is 0.221. The molecule has 0 spiro atoms. The van der Waals surface area contributed by atoms with Gasteiger partial charge in [-0.1, -0.05) is 55.8 Å². The largest absolute Gasteiger partial charge is 0.461 e. The first-order valence-electron chi connectivity index (χ1n) is 8.36. The number of rotatable bonds is 7. The highest BCUT2D eigenvalue weighted by Crippen LogP contribution is 2.59. The Morgan fingerprint density at radius 2 is 1.83 bits per heavy atom. The fraction of sp³-hybridized carbons (Fsp3) is 0.476. The highest BCUT2D eigenvalue weighted by atomic mass is 16.5. The van der Waals surface area contributed by atoms with Crippen molar-refractivity contribution in [1.29, 1.82) is 0 Å². The van der Waals surface area contributed by atoms with Crippen molar-refractivity contribution in [2.24, 2.45) is 17.3 Å². The van der Waals surface area contributed by atoms with Crippen molar-refractivity contribution < 1.29 is 9.53 Å². The van der Waals surface area contributed by atoms with Gasteiger partial charge in [-0.25, -0.2) is 0 Å². The van der Waals surface area contributed by atoms with E-state index in [0.717, 1.165) is 18.4 Å². The maximum atomic E-state index is 12.3. The first-order chi connectivity index (χ1) is 10.9. The molecule has 0 bridgehead atoms. The molecule has 2 rings (SSSR count). The molecule has 23 heavy (non-hydrogen) atoms. The summed E-state index contributed by atoms with van der Waals surface area (Å²) in [4.78, 5) is 12.3. The lowest BCUT2D eigenvalue weighted by Crippen LogP contribution is -2.10. The van der Waals surface area contributed by atoms with Gasteiger partial charge in [0.25, 0.3) is 0 Å². The Hall–Kier alpha value is -1.83. The number of hydrogen-bond acceptors (Lipinski definition) is 2. The normalized spacial score (nSPS) is 21.4. The van der Waals surface area contributed by atoms with Gasteiger partial charge in [0.15, 0.2) is 0 Å². The Kier molecular flexibility index (Phi) is 5.46. The number of hydrogen-bond donors (Lipinski definition) is 0. The molecule has 0 aliphatic heterocycles. The van der Waals surface area contributed by atoms with Crippen LogP contribution in [0.15, 0.2) is 48.6 Å². The Morgan fingerprint density at radius 1 is 1.22 bits per heavy atom. The van der Waals surface area contributed by atoms with Crippen LogP contribution in [0.3, 0.4) is 0 Å². The van der Waals surface area contributed by atoms with Gasteiger partial charge in [-0.15, -0.1) is 6.58 Å². The quantitative estimate of drug-likeness (QED) is 0.518. The highest BCUT2D eigenvalue weighted by molar-refractivity contribution is 5.78. The summed E-state index contributed by atoms with van der Waals surface area (Å²) in [5.41, 5.74) is 3.60. The monoisotopic (exact) mass is 312 g/mol. The molecule has 0 radical (unpaired) electrons. The van der Waals surface area contributed by atoms with Gasteiger partial charge in [-0.3, -0.25) is 4.79 Å². The Labute approximate surface area is 140 Å². The SMILES string of the molecule is C=CCCc1ccc(COC(=O)C2C(C=C(C)C)C2(C)C)cc1. The second-order valence-electron chi connectivity index (χ2n) is 7.32. The summed E-state index contributed by atoms with van der Waals surface area (Å²) >= 11 is 0. The summed E-state index contributed by atoms with van der Waals surface area (Å²) in [6, 6.07) is 8.27. The molecule has 2 atom stereocenters. The van der Waals surface area contributed by atoms with Crippen molar-refractivity contribution in [2.75, 3.05) is 0 Å². The number of aryl methyl sites for hydroxylation is 1. The molecule has 1 aliphatic carbocycles. The van der Waals surface area contributed by atoms with Crippen LogP contribution >= 0.6 is 0 Å². The summed E-state index contributed by atoms with van der Waals surface area (Å²) in [7, 11) is 0. The number of carbonyl (C=O) groups excluding carboxylic acids is 1. The summed E-state index contributed by atoms with van der Waals surface area (Å²) in [6.45, 7) is 12.5. The number of benzene rings is 1. The van der Waals surface area contributed by atoms with Crippen LogP contribution in [0.5, 0.6) is 0 Å². The number of carbonyl (C=O) groups is 1.